The van der Waals surface area contributed by atoms with Crippen molar-refractivity contribution in [1.82, 2.24) is 14.7 Å². The summed E-state index contributed by atoms with van der Waals surface area (Å²) in [6.07, 6.45) is 19.9. The Morgan fingerprint density at radius 2 is 2.19 bits per heavy atom. The first-order chi connectivity index (χ1) is 13.1. The minimum absolute atomic E-state index is 0.0509. The fourth-order valence-corrected chi connectivity index (χ4v) is 2.94. The predicted octanol–water partition coefficient (Wildman–Crippen LogP) is 5.65. The molecular formula is C23H32N4. The molecule has 0 saturated carbocycles. The van der Waals surface area contributed by atoms with Crippen LogP contribution in [0.5, 0.6) is 0 Å². The first-order valence-corrected chi connectivity index (χ1v) is 9.77. The number of allylic oxidation sites excluding steroid dienone is 6. The molecular weight excluding hydrogens is 332 g/mol. The molecule has 4 heteroatoms. The second-order valence-electron chi connectivity index (χ2n) is 6.63. The molecule has 1 aliphatic heterocycles. The van der Waals surface area contributed by atoms with Crippen molar-refractivity contribution >= 4 is 17.9 Å². The number of aliphatic imine (C=N–C) groups is 1. The summed E-state index contributed by atoms with van der Waals surface area (Å²) in [6.45, 7) is 11.0. The van der Waals surface area contributed by atoms with E-state index in [1.807, 2.05) is 6.21 Å². The van der Waals surface area contributed by atoms with E-state index in [1.165, 1.54) is 5.70 Å². The first-order valence-electron chi connectivity index (χ1n) is 9.77. The fraction of sp³-hybridized carbons (Fsp3) is 0.391. The van der Waals surface area contributed by atoms with E-state index in [0.717, 1.165) is 36.2 Å². The molecule has 0 saturated heterocycles. The molecule has 2 heterocycles. The standard InChI is InChI=1S/C23H32N4/c1-6-9-16-24-17-11-14-20(12-7-2)22-18-21(8-3)25-27(22)23-15-10-13-19(4)26(23)5/h8,10-16,18,23H,3,6-7,9,17H2,1-2,4-5H3/b14-11-,20-12+,24-16-. The number of aromatic nitrogens is 2. The molecule has 0 bridgehead atoms. The van der Waals surface area contributed by atoms with Gasteiger partial charge in [0.05, 0.1) is 17.9 Å². The van der Waals surface area contributed by atoms with E-state index >= 15 is 0 Å². The van der Waals surface area contributed by atoms with Crippen molar-refractivity contribution in [2.75, 3.05) is 13.6 Å². The average molecular weight is 365 g/mol. The smallest absolute Gasteiger partial charge is 0.142 e. The van der Waals surface area contributed by atoms with Crippen molar-refractivity contribution < 1.29 is 0 Å². The van der Waals surface area contributed by atoms with Crippen LogP contribution in [0.25, 0.3) is 11.6 Å². The highest BCUT2D eigenvalue weighted by Crippen LogP contribution is 2.28. The zero-order valence-corrected chi connectivity index (χ0v) is 17.1. The van der Waals surface area contributed by atoms with Crippen molar-refractivity contribution in [2.45, 2.75) is 46.2 Å². The van der Waals surface area contributed by atoms with Gasteiger partial charge in [0.25, 0.3) is 0 Å². The summed E-state index contributed by atoms with van der Waals surface area (Å²) in [6, 6.07) is 2.11. The maximum atomic E-state index is 4.78. The molecule has 0 spiro atoms. The van der Waals surface area contributed by atoms with E-state index in [2.05, 4.69) is 91.5 Å². The van der Waals surface area contributed by atoms with Crippen LogP contribution in [0.15, 0.2) is 59.8 Å². The van der Waals surface area contributed by atoms with Crippen LogP contribution in [0.1, 0.15) is 57.6 Å². The molecule has 0 radical (unpaired) electrons. The van der Waals surface area contributed by atoms with Crippen LogP contribution in [0, 0.1) is 0 Å². The van der Waals surface area contributed by atoms with Gasteiger partial charge in [-0.2, -0.15) is 5.10 Å². The zero-order chi connectivity index (χ0) is 19.6. The lowest BCUT2D eigenvalue weighted by molar-refractivity contribution is 0.255. The Hall–Kier alpha value is -2.62. The second-order valence-corrected chi connectivity index (χ2v) is 6.63. The van der Waals surface area contributed by atoms with Gasteiger partial charge in [-0.15, -0.1) is 0 Å². The number of hydrogen-bond acceptors (Lipinski definition) is 3. The second kappa shape index (κ2) is 10.5. The Morgan fingerprint density at radius 1 is 1.37 bits per heavy atom. The summed E-state index contributed by atoms with van der Waals surface area (Å²) < 4.78 is 2.08. The van der Waals surface area contributed by atoms with Crippen molar-refractivity contribution in [2.24, 2.45) is 4.99 Å². The lowest BCUT2D eigenvalue weighted by Crippen LogP contribution is -2.29. The summed E-state index contributed by atoms with van der Waals surface area (Å²) >= 11 is 0. The van der Waals surface area contributed by atoms with Crippen molar-refractivity contribution in [1.29, 1.82) is 0 Å². The number of hydrogen-bond donors (Lipinski definition) is 0. The van der Waals surface area contributed by atoms with E-state index in [-0.39, 0.29) is 6.17 Å². The molecule has 0 fully saturated rings. The number of rotatable bonds is 9. The number of likely N-dealkylation sites (N-methyl/N-ethyl adjacent to an activating group) is 1. The normalized spacial score (nSPS) is 17.9. The van der Waals surface area contributed by atoms with Gasteiger partial charge in [-0.1, -0.05) is 51.2 Å². The van der Waals surface area contributed by atoms with Crippen LogP contribution in [-0.4, -0.2) is 34.5 Å². The SMILES string of the molecule is C=Cc1cc(C(/C=C\C/N=C\CCC)=C/CC)n(C2C=CC=C(C)N2C)n1. The lowest BCUT2D eigenvalue weighted by Gasteiger charge is -2.32. The highest BCUT2D eigenvalue weighted by molar-refractivity contribution is 5.73. The molecule has 2 rings (SSSR count). The van der Waals surface area contributed by atoms with Gasteiger partial charge < -0.3 is 4.90 Å². The van der Waals surface area contributed by atoms with Crippen molar-refractivity contribution in [3.8, 4) is 0 Å². The van der Waals surface area contributed by atoms with Gasteiger partial charge in [0.15, 0.2) is 0 Å². The summed E-state index contributed by atoms with van der Waals surface area (Å²) in [5.74, 6) is 0. The molecule has 27 heavy (non-hydrogen) atoms. The molecule has 4 nitrogen and oxygen atoms in total. The molecule has 0 aliphatic carbocycles. The Labute approximate surface area is 164 Å². The summed E-state index contributed by atoms with van der Waals surface area (Å²) in [5, 5.41) is 4.78. The lowest BCUT2D eigenvalue weighted by atomic mass is 10.1. The monoisotopic (exact) mass is 364 g/mol. The van der Waals surface area contributed by atoms with Crippen LogP contribution in [0.4, 0.5) is 0 Å². The molecule has 1 aromatic heterocycles. The Morgan fingerprint density at radius 3 is 2.89 bits per heavy atom. The summed E-state index contributed by atoms with van der Waals surface area (Å²) in [5.41, 5.74) is 4.36. The fourth-order valence-electron chi connectivity index (χ4n) is 2.94. The quantitative estimate of drug-likeness (QED) is 0.419. The zero-order valence-electron chi connectivity index (χ0n) is 17.1. The topological polar surface area (TPSA) is 33.4 Å². The van der Waals surface area contributed by atoms with E-state index in [4.69, 9.17) is 5.10 Å². The van der Waals surface area contributed by atoms with Gasteiger partial charge in [-0.05, 0) is 55.8 Å². The minimum Gasteiger partial charge on any atom is -0.353 e. The maximum Gasteiger partial charge on any atom is 0.142 e. The van der Waals surface area contributed by atoms with Crippen molar-refractivity contribution in [3.05, 3.63) is 66.2 Å². The highest BCUT2D eigenvalue weighted by atomic mass is 15.4. The third kappa shape index (κ3) is 5.43. The third-order valence-electron chi connectivity index (χ3n) is 4.56. The number of nitrogens with zero attached hydrogens (tertiary/aromatic N) is 4. The minimum atomic E-state index is 0.0509. The first kappa shape index (κ1) is 20.7. The molecule has 1 unspecified atom stereocenters. The van der Waals surface area contributed by atoms with Gasteiger partial charge in [-0.25, -0.2) is 4.68 Å². The highest BCUT2D eigenvalue weighted by Gasteiger charge is 2.21. The van der Waals surface area contributed by atoms with Gasteiger partial charge in [0.2, 0.25) is 0 Å². The van der Waals surface area contributed by atoms with Gasteiger partial charge in [-0.3, -0.25) is 4.99 Å². The number of unbranched alkanes of at least 4 members (excludes halogenated alkanes) is 1. The molecule has 0 aromatic carbocycles. The van der Waals surface area contributed by atoms with E-state index < -0.39 is 0 Å². The van der Waals surface area contributed by atoms with Crippen LogP contribution >= 0.6 is 0 Å². The van der Waals surface area contributed by atoms with E-state index in [9.17, 15) is 0 Å². The van der Waals surface area contributed by atoms with Gasteiger partial charge in [0, 0.05) is 12.7 Å². The maximum absolute atomic E-state index is 4.78. The van der Waals surface area contributed by atoms with Crippen LogP contribution in [0.3, 0.4) is 0 Å². The largest absolute Gasteiger partial charge is 0.353 e. The van der Waals surface area contributed by atoms with E-state index in [1.54, 1.807) is 6.08 Å². The molecule has 1 aliphatic rings. The summed E-state index contributed by atoms with van der Waals surface area (Å²) in [4.78, 5) is 6.67. The molecule has 1 atom stereocenters. The Bertz CT molecular complexity index is 774. The van der Waals surface area contributed by atoms with Gasteiger partial charge >= 0.3 is 0 Å². The Kier molecular flexibility index (Phi) is 8.05. The van der Waals surface area contributed by atoms with Gasteiger partial charge in [0.1, 0.15) is 6.17 Å². The Balaban J connectivity index is 2.33. The van der Waals surface area contributed by atoms with Crippen LogP contribution < -0.4 is 0 Å². The van der Waals surface area contributed by atoms with Crippen molar-refractivity contribution in [3.63, 3.8) is 0 Å². The van der Waals surface area contributed by atoms with E-state index in [0.29, 0.717) is 6.54 Å². The van der Waals surface area contributed by atoms with Crippen LogP contribution in [0.2, 0.25) is 0 Å². The molecule has 1 aromatic rings. The molecule has 0 N–H and O–H groups in total. The predicted molar refractivity (Wildman–Crippen MR) is 118 cm³/mol. The third-order valence-corrected chi connectivity index (χ3v) is 4.56. The molecule has 144 valence electrons. The molecule has 0 amide bonds. The summed E-state index contributed by atoms with van der Waals surface area (Å²) in [7, 11) is 2.10. The average Bonchev–Trinajstić information content (AvgIpc) is 3.10. The van der Waals surface area contributed by atoms with Crippen LogP contribution in [-0.2, 0) is 0 Å².